The molecule has 102 valence electrons. The molecule has 0 saturated carbocycles. The fourth-order valence-corrected chi connectivity index (χ4v) is 2.33. The molecule has 0 aliphatic rings. The van der Waals surface area contributed by atoms with Gasteiger partial charge in [0.1, 0.15) is 0 Å². The Labute approximate surface area is 104 Å². The van der Waals surface area contributed by atoms with E-state index in [9.17, 15) is 13.2 Å². The number of carbonyl (C=O) groups excluding carboxylic acids is 1. The molecular formula is C10H22N2O4S. The van der Waals surface area contributed by atoms with Crippen LogP contribution in [0.5, 0.6) is 0 Å². The number of esters is 1. The zero-order valence-electron chi connectivity index (χ0n) is 11.1. The van der Waals surface area contributed by atoms with Crippen LogP contribution >= 0.6 is 0 Å². The highest BCUT2D eigenvalue weighted by atomic mass is 32.2. The van der Waals surface area contributed by atoms with Crippen LogP contribution in [0.25, 0.3) is 0 Å². The molecule has 0 rings (SSSR count). The maximum Gasteiger partial charge on any atom is 0.309 e. The summed E-state index contributed by atoms with van der Waals surface area (Å²) in [5.74, 6) is -0.673. The van der Waals surface area contributed by atoms with E-state index in [4.69, 9.17) is 0 Å². The van der Waals surface area contributed by atoms with Crippen molar-refractivity contribution in [3.63, 3.8) is 0 Å². The summed E-state index contributed by atoms with van der Waals surface area (Å²) in [5, 5.41) is 0. The first-order valence-electron chi connectivity index (χ1n) is 5.49. The largest absolute Gasteiger partial charge is 0.469 e. The Hall–Kier alpha value is -0.660. The molecule has 1 N–H and O–H groups in total. The molecule has 0 aliphatic heterocycles. The van der Waals surface area contributed by atoms with Crippen LogP contribution in [-0.4, -0.2) is 45.9 Å². The van der Waals surface area contributed by atoms with Gasteiger partial charge in [-0.1, -0.05) is 20.8 Å². The number of ether oxygens (including phenoxy) is 1. The van der Waals surface area contributed by atoms with E-state index in [0.29, 0.717) is 6.54 Å². The van der Waals surface area contributed by atoms with E-state index in [1.165, 1.54) is 14.2 Å². The fraction of sp³-hybridized carbons (Fsp3) is 0.900. The second-order valence-electron chi connectivity index (χ2n) is 4.45. The standard InChI is InChI=1S/C10H22N2O4S/c1-8(2)6-11-17(14,15)12(4)7-9(3)10(13)16-5/h8-9,11H,6-7H2,1-5H3. The van der Waals surface area contributed by atoms with Crippen LogP contribution in [0.2, 0.25) is 0 Å². The lowest BCUT2D eigenvalue weighted by Crippen LogP contribution is -2.42. The van der Waals surface area contributed by atoms with Crippen molar-refractivity contribution < 1.29 is 17.9 Å². The van der Waals surface area contributed by atoms with Crippen LogP contribution in [-0.2, 0) is 19.7 Å². The lowest BCUT2D eigenvalue weighted by molar-refractivity contribution is -0.144. The molecule has 6 nitrogen and oxygen atoms in total. The van der Waals surface area contributed by atoms with E-state index in [-0.39, 0.29) is 12.5 Å². The van der Waals surface area contributed by atoms with Gasteiger partial charge in [-0.15, -0.1) is 0 Å². The quantitative estimate of drug-likeness (QED) is 0.669. The third kappa shape index (κ3) is 5.99. The Balaban J connectivity index is 4.39. The summed E-state index contributed by atoms with van der Waals surface area (Å²) in [4.78, 5) is 11.2. The molecule has 0 radical (unpaired) electrons. The van der Waals surface area contributed by atoms with Crippen molar-refractivity contribution in [2.24, 2.45) is 11.8 Å². The summed E-state index contributed by atoms with van der Waals surface area (Å²) in [6.07, 6.45) is 0. The average molecular weight is 266 g/mol. The minimum atomic E-state index is -3.52. The van der Waals surface area contributed by atoms with E-state index in [1.807, 2.05) is 13.8 Å². The predicted molar refractivity (Wildman–Crippen MR) is 65.6 cm³/mol. The monoisotopic (exact) mass is 266 g/mol. The van der Waals surface area contributed by atoms with Gasteiger partial charge in [0.05, 0.1) is 13.0 Å². The molecule has 0 aromatic heterocycles. The molecule has 0 fully saturated rings. The number of nitrogens with zero attached hydrogens (tertiary/aromatic N) is 1. The summed E-state index contributed by atoms with van der Waals surface area (Å²) >= 11 is 0. The topological polar surface area (TPSA) is 75.7 Å². The second-order valence-corrected chi connectivity index (χ2v) is 6.31. The van der Waals surface area contributed by atoms with Crippen LogP contribution in [0, 0.1) is 11.8 Å². The lowest BCUT2D eigenvalue weighted by atomic mass is 10.2. The van der Waals surface area contributed by atoms with Gasteiger partial charge in [0.15, 0.2) is 0 Å². The van der Waals surface area contributed by atoms with Crippen molar-refractivity contribution in [3.8, 4) is 0 Å². The molecule has 0 aromatic carbocycles. The Bertz CT molecular complexity index is 340. The number of carbonyl (C=O) groups is 1. The average Bonchev–Trinajstić information content (AvgIpc) is 2.25. The van der Waals surface area contributed by atoms with Gasteiger partial charge in [-0.3, -0.25) is 4.79 Å². The number of rotatable bonds is 7. The maximum atomic E-state index is 11.7. The Morgan fingerprint density at radius 1 is 1.35 bits per heavy atom. The third-order valence-corrected chi connectivity index (χ3v) is 3.72. The second kappa shape index (κ2) is 6.93. The minimum Gasteiger partial charge on any atom is -0.469 e. The fourth-order valence-electron chi connectivity index (χ4n) is 1.14. The summed E-state index contributed by atoms with van der Waals surface area (Å²) in [5.41, 5.74) is 0. The SMILES string of the molecule is COC(=O)C(C)CN(C)S(=O)(=O)NCC(C)C. The molecule has 17 heavy (non-hydrogen) atoms. The van der Waals surface area contributed by atoms with Crippen molar-refractivity contribution in [2.45, 2.75) is 20.8 Å². The van der Waals surface area contributed by atoms with Crippen molar-refractivity contribution >= 4 is 16.2 Å². The number of hydrogen-bond acceptors (Lipinski definition) is 4. The van der Waals surface area contributed by atoms with Crippen molar-refractivity contribution in [1.29, 1.82) is 0 Å². The summed E-state index contributed by atoms with van der Waals surface area (Å²) in [6.45, 7) is 5.93. The summed E-state index contributed by atoms with van der Waals surface area (Å²) in [7, 11) is -0.802. The van der Waals surface area contributed by atoms with Crippen molar-refractivity contribution in [2.75, 3.05) is 27.2 Å². The van der Waals surface area contributed by atoms with Gasteiger partial charge in [0.2, 0.25) is 0 Å². The van der Waals surface area contributed by atoms with Gasteiger partial charge in [-0.25, -0.2) is 4.72 Å². The van der Waals surface area contributed by atoms with Gasteiger partial charge in [0.25, 0.3) is 10.2 Å². The number of methoxy groups -OCH3 is 1. The van der Waals surface area contributed by atoms with E-state index in [2.05, 4.69) is 9.46 Å². The maximum absolute atomic E-state index is 11.7. The summed E-state index contributed by atoms with van der Waals surface area (Å²) in [6, 6.07) is 0. The van der Waals surface area contributed by atoms with Crippen LogP contribution in [0.15, 0.2) is 0 Å². The Morgan fingerprint density at radius 2 is 1.88 bits per heavy atom. The van der Waals surface area contributed by atoms with Crippen LogP contribution < -0.4 is 4.72 Å². The molecule has 0 aliphatic carbocycles. The van der Waals surface area contributed by atoms with Crippen LogP contribution in [0.3, 0.4) is 0 Å². The smallest absolute Gasteiger partial charge is 0.309 e. The molecule has 0 spiro atoms. The zero-order valence-corrected chi connectivity index (χ0v) is 11.9. The molecule has 0 saturated heterocycles. The predicted octanol–water partition coefficient (Wildman–Crippen LogP) is 0.218. The summed E-state index contributed by atoms with van der Waals surface area (Å²) < 4.78 is 31.6. The van der Waals surface area contributed by atoms with Gasteiger partial charge >= 0.3 is 5.97 Å². The van der Waals surface area contributed by atoms with Crippen molar-refractivity contribution in [1.82, 2.24) is 9.03 Å². The first-order chi connectivity index (χ1) is 7.70. The van der Waals surface area contributed by atoms with Gasteiger partial charge in [-0.2, -0.15) is 12.7 Å². The lowest BCUT2D eigenvalue weighted by Gasteiger charge is -2.20. The third-order valence-electron chi connectivity index (χ3n) is 2.22. The highest BCUT2D eigenvalue weighted by Gasteiger charge is 2.23. The molecule has 0 heterocycles. The minimum absolute atomic E-state index is 0.0973. The van der Waals surface area contributed by atoms with E-state index in [1.54, 1.807) is 6.92 Å². The zero-order chi connectivity index (χ0) is 13.6. The van der Waals surface area contributed by atoms with Crippen molar-refractivity contribution in [3.05, 3.63) is 0 Å². The molecule has 1 atom stereocenters. The van der Waals surface area contributed by atoms with Crippen LogP contribution in [0.4, 0.5) is 0 Å². The van der Waals surface area contributed by atoms with E-state index in [0.717, 1.165) is 4.31 Å². The van der Waals surface area contributed by atoms with E-state index < -0.39 is 22.1 Å². The highest BCUT2D eigenvalue weighted by Crippen LogP contribution is 2.04. The first-order valence-corrected chi connectivity index (χ1v) is 6.93. The van der Waals surface area contributed by atoms with Gasteiger partial charge in [0, 0.05) is 20.1 Å². The normalized spacial score (nSPS) is 14.1. The molecule has 0 bridgehead atoms. The number of hydrogen-bond donors (Lipinski definition) is 1. The highest BCUT2D eigenvalue weighted by molar-refractivity contribution is 7.87. The molecule has 1 unspecified atom stereocenters. The Morgan fingerprint density at radius 3 is 2.29 bits per heavy atom. The first kappa shape index (κ1) is 16.3. The number of nitrogens with one attached hydrogen (secondary N) is 1. The molecule has 7 heteroatoms. The molecule has 0 amide bonds. The molecule has 0 aromatic rings. The van der Waals surface area contributed by atoms with Crippen LogP contribution in [0.1, 0.15) is 20.8 Å². The Kier molecular flexibility index (Phi) is 6.66. The van der Waals surface area contributed by atoms with Gasteiger partial charge < -0.3 is 4.74 Å². The van der Waals surface area contributed by atoms with E-state index >= 15 is 0 Å². The molecular weight excluding hydrogens is 244 g/mol. The van der Waals surface area contributed by atoms with Gasteiger partial charge in [-0.05, 0) is 5.92 Å².